The van der Waals surface area contributed by atoms with Gasteiger partial charge < -0.3 is 15.0 Å². The van der Waals surface area contributed by atoms with Gasteiger partial charge in [-0.15, -0.1) is 0 Å². The molecule has 0 radical (unpaired) electrons. The fraction of sp³-hybridized carbons (Fsp3) is 0.684. The first kappa shape index (κ1) is 19.9. The zero-order valence-corrected chi connectivity index (χ0v) is 17.3. The topological polar surface area (TPSA) is 84.4 Å². The number of carbonyl (C=O) groups excluding carboxylic acids is 2. The van der Waals surface area contributed by atoms with E-state index in [1.807, 2.05) is 25.7 Å². The Morgan fingerprint density at radius 3 is 2.33 bits per heavy atom. The summed E-state index contributed by atoms with van der Waals surface area (Å²) in [5, 5.41) is 3.24. The minimum atomic E-state index is -0.512. The van der Waals surface area contributed by atoms with Gasteiger partial charge in [-0.3, -0.25) is 4.79 Å². The van der Waals surface area contributed by atoms with Crippen molar-refractivity contribution in [2.24, 2.45) is 0 Å². The zero-order valence-electron chi connectivity index (χ0n) is 16.6. The van der Waals surface area contributed by atoms with Crippen LogP contribution in [0.1, 0.15) is 68.2 Å². The number of carbonyl (C=O) groups is 2. The van der Waals surface area contributed by atoms with Crippen molar-refractivity contribution in [3.63, 3.8) is 0 Å². The van der Waals surface area contributed by atoms with Gasteiger partial charge in [-0.25, -0.2) is 14.8 Å². The monoisotopic (exact) mass is 394 g/mol. The van der Waals surface area contributed by atoms with Crippen molar-refractivity contribution < 1.29 is 14.3 Å². The van der Waals surface area contributed by atoms with Gasteiger partial charge in [-0.05, 0) is 71.9 Å². The van der Waals surface area contributed by atoms with Crippen LogP contribution in [-0.4, -0.2) is 50.6 Å². The van der Waals surface area contributed by atoms with Crippen LogP contribution in [0.3, 0.4) is 0 Å². The zero-order chi connectivity index (χ0) is 20.0. The maximum Gasteiger partial charge on any atom is 0.410 e. The van der Waals surface area contributed by atoms with E-state index in [1.165, 1.54) is 0 Å². The van der Waals surface area contributed by atoms with Gasteiger partial charge in [-0.1, -0.05) is 0 Å². The molecule has 1 saturated carbocycles. The summed E-state index contributed by atoms with van der Waals surface area (Å²) in [5.74, 6) is -0.187. The van der Waals surface area contributed by atoms with Gasteiger partial charge in [0.2, 0.25) is 5.28 Å². The molecular formula is C19H27ClN4O3. The number of hydrogen-bond acceptors (Lipinski definition) is 5. The molecule has 1 unspecified atom stereocenters. The molecular weight excluding hydrogens is 368 g/mol. The van der Waals surface area contributed by atoms with Crippen molar-refractivity contribution >= 4 is 23.6 Å². The van der Waals surface area contributed by atoms with Crippen molar-refractivity contribution in [2.75, 3.05) is 6.54 Å². The lowest BCUT2D eigenvalue weighted by Gasteiger charge is -2.40. The number of piperidine rings is 1. The van der Waals surface area contributed by atoms with Gasteiger partial charge in [0.15, 0.2) is 0 Å². The fourth-order valence-electron chi connectivity index (χ4n) is 3.80. The molecule has 7 nitrogen and oxygen atoms in total. The maximum absolute atomic E-state index is 12.8. The Bertz CT molecular complexity index is 748. The van der Waals surface area contributed by atoms with Crippen molar-refractivity contribution in [3.8, 4) is 0 Å². The largest absolute Gasteiger partial charge is 0.444 e. The summed E-state index contributed by atoms with van der Waals surface area (Å²) >= 11 is 5.85. The lowest BCUT2D eigenvalue weighted by molar-refractivity contribution is 0.00284. The maximum atomic E-state index is 12.8. The second-order valence-corrected chi connectivity index (χ2v) is 8.90. The third kappa shape index (κ3) is 4.34. The third-order valence-electron chi connectivity index (χ3n) is 5.15. The van der Waals surface area contributed by atoms with E-state index in [2.05, 4.69) is 15.3 Å². The first-order chi connectivity index (χ1) is 12.5. The molecule has 1 N–H and O–H groups in total. The van der Waals surface area contributed by atoms with Crippen molar-refractivity contribution in [1.82, 2.24) is 20.2 Å². The van der Waals surface area contributed by atoms with E-state index in [9.17, 15) is 9.59 Å². The summed E-state index contributed by atoms with van der Waals surface area (Å²) in [6.07, 6.45) is 3.06. The van der Waals surface area contributed by atoms with Crippen LogP contribution in [-0.2, 0) is 4.74 Å². The SMILES string of the molecule is Cc1nc(Cl)nc(C)c1C(=O)NC1CCN(C(=O)OC(C)(C)C)C2(CC2)C1. The fourth-order valence-corrected chi connectivity index (χ4v) is 4.05. The number of aromatic nitrogens is 2. The van der Waals surface area contributed by atoms with Crippen molar-refractivity contribution in [1.29, 1.82) is 0 Å². The summed E-state index contributed by atoms with van der Waals surface area (Å²) in [4.78, 5) is 35.3. The first-order valence-electron chi connectivity index (χ1n) is 9.33. The molecule has 2 aliphatic rings. The van der Waals surface area contributed by atoms with E-state index in [1.54, 1.807) is 13.8 Å². The van der Waals surface area contributed by atoms with E-state index in [4.69, 9.17) is 16.3 Å². The van der Waals surface area contributed by atoms with E-state index in [0.717, 1.165) is 19.3 Å². The molecule has 1 aromatic rings. The van der Waals surface area contributed by atoms with Crippen molar-refractivity contribution in [3.05, 3.63) is 22.2 Å². The average molecular weight is 395 g/mol. The minimum absolute atomic E-state index is 0.00756. The summed E-state index contributed by atoms with van der Waals surface area (Å²) in [6.45, 7) is 9.70. The summed E-state index contributed by atoms with van der Waals surface area (Å²) in [5.41, 5.74) is 0.912. The van der Waals surface area contributed by atoms with Gasteiger partial charge in [0, 0.05) is 18.1 Å². The molecule has 1 aromatic heterocycles. The Kier molecular flexibility index (Phi) is 5.10. The lowest BCUT2D eigenvalue weighted by atomic mass is 9.95. The van der Waals surface area contributed by atoms with Gasteiger partial charge in [0.25, 0.3) is 5.91 Å². The van der Waals surface area contributed by atoms with E-state index in [-0.39, 0.29) is 28.9 Å². The van der Waals surface area contributed by atoms with Gasteiger partial charge in [0.05, 0.1) is 17.0 Å². The molecule has 1 aliphatic carbocycles. The highest BCUT2D eigenvalue weighted by Gasteiger charge is 2.54. The molecule has 0 aromatic carbocycles. The highest BCUT2D eigenvalue weighted by atomic mass is 35.5. The lowest BCUT2D eigenvalue weighted by Crippen LogP contribution is -2.54. The molecule has 1 saturated heterocycles. The number of ether oxygens (including phenoxy) is 1. The molecule has 8 heteroatoms. The number of hydrogen-bond donors (Lipinski definition) is 1. The standard InChI is InChI=1S/C19H27ClN4O3/c1-11-14(12(2)22-16(20)21-11)15(25)23-13-6-9-24(19(10-13)7-8-19)17(26)27-18(3,4)5/h13H,6-10H2,1-5H3,(H,23,25). The highest BCUT2D eigenvalue weighted by molar-refractivity contribution is 6.28. The summed E-state index contributed by atoms with van der Waals surface area (Å²) in [7, 11) is 0. The summed E-state index contributed by atoms with van der Waals surface area (Å²) in [6, 6.07) is 0.00756. The Morgan fingerprint density at radius 1 is 1.22 bits per heavy atom. The van der Waals surface area contributed by atoms with Crippen LogP contribution in [0.4, 0.5) is 4.79 Å². The van der Waals surface area contributed by atoms with Crippen LogP contribution >= 0.6 is 11.6 Å². The average Bonchev–Trinajstić information content (AvgIpc) is 3.23. The minimum Gasteiger partial charge on any atom is -0.444 e. The number of nitrogens with one attached hydrogen (secondary N) is 1. The molecule has 2 heterocycles. The molecule has 2 amide bonds. The Morgan fingerprint density at radius 2 is 1.81 bits per heavy atom. The van der Waals surface area contributed by atoms with Crippen LogP contribution < -0.4 is 5.32 Å². The predicted molar refractivity (Wildman–Crippen MR) is 102 cm³/mol. The normalized spacial score (nSPS) is 21.1. The number of rotatable bonds is 2. The second-order valence-electron chi connectivity index (χ2n) is 8.56. The van der Waals surface area contributed by atoms with Crippen LogP contribution in [0, 0.1) is 13.8 Å². The van der Waals surface area contributed by atoms with E-state index in [0.29, 0.717) is 29.9 Å². The molecule has 27 heavy (non-hydrogen) atoms. The third-order valence-corrected chi connectivity index (χ3v) is 5.32. The molecule has 3 rings (SSSR count). The van der Waals surface area contributed by atoms with Crippen LogP contribution in [0.2, 0.25) is 5.28 Å². The molecule has 0 bridgehead atoms. The predicted octanol–water partition coefficient (Wildman–Crippen LogP) is 3.41. The Hall–Kier alpha value is -1.89. The number of amides is 2. The molecule has 148 valence electrons. The molecule has 2 fully saturated rings. The van der Waals surface area contributed by atoms with Gasteiger partial charge in [-0.2, -0.15) is 0 Å². The quantitative estimate of drug-likeness (QED) is 0.777. The molecule has 1 atom stereocenters. The van der Waals surface area contributed by atoms with Crippen LogP contribution in [0.25, 0.3) is 0 Å². The van der Waals surface area contributed by atoms with E-state index < -0.39 is 5.60 Å². The number of nitrogens with zero attached hydrogens (tertiary/aromatic N) is 3. The number of aryl methyl sites for hydroxylation is 2. The first-order valence-corrected chi connectivity index (χ1v) is 9.71. The Labute approximate surface area is 164 Å². The molecule has 1 spiro atoms. The smallest absolute Gasteiger partial charge is 0.410 e. The second kappa shape index (κ2) is 6.93. The molecule has 1 aliphatic heterocycles. The van der Waals surface area contributed by atoms with Crippen molar-refractivity contribution in [2.45, 2.75) is 77.5 Å². The summed E-state index contributed by atoms with van der Waals surface area (Å²) < 4.78 is 5.55. The van der Waals surface area contributed by atoms with Crippen LogP contribution in [0.15, 0.2) is 0 Å². The Balaban J connectivity index is 1.67. The van der Waals surface area contributed by atoms with Gasteiger partial charge in [0.1, 0.15) is 5.60 Å². The number of likely N-dealkylation sites (tertiary alicyclic amines) is 1. The van der Waals surface area contributed by atoms with Gasteiger partial charge >= 0.3 is 6.09 Å². The van der Waals surface area contributed by atoms with Crippen LogP contribution in [0.5, 0.6) is 0 Å². The number of halogens is 1. The highest BCUT2D eigenvalue weighted by Crippen LogP contribution is 2.48. The van der Waals surface area contributed by atoms with E-state index >= 15 is 0 Å².